The average Bonchev–Trinajstić information content (AvgIpc) is 3.18. The van der Waals surface area contributed by atoms with E-state index in [1.54, 1.807) is 12.1 Å². The number of benzene rings is 2. The topological polar surface area (TPSA) is 73.8 Å². The zero-order valence-electron chi connectivity index (χ0n) is 17.5. The van der Waals surface area contributed by atoms with Gasteiger partial charge in [-0.3, -0.25) is 4.79 Å². The van der Waals surface area contributed by atoms with Gasteiger partial charge in [0, 0.05) is 5.02 Å². The Bertz CT molecular complexity index is 1670. The minimum Gasteiger partial charge on any atom is -0.433 e. The molecular formula is C23H13ClF4N4O2. The molecule has 3 aromatic heterocycles. The number of nitrogens with zero attached hydrogens (tertiary/aromatic N) is 4. The Balaban J connectivity index is 1.82. The summed E-state index contributed by atoms with van der Waals surface area (Å²) < 4.78 is 60.6. The van der Waals surface area contributed by atoms with Gasteiger partial charge in [-0.05, 0) is 61.4 Å². The lowest BCUT2D eigenvalue weighted by Crippen LogP contribution is -2.17. The number of hydrogen-bond acceptors (Lipinski definition) is 5. The normalized spacial score (nSPS) is 12.1. The molecule has 0 N–H and O–H groups in total. The number of aromatic nitrogens is 4. The number of halogens is 5. The van der Waals surface area contributed by atoms with Crippen LogP contribution in [0.4, 0.5) is 17.6 Å². The van der Waals surface area contributed by atoms with Gasteiger partial charge in [0.2, 0.25) is 5.43 Å². The first-order valence-electron chi connectivity index (χ1n) is 9.87. The lowest BCUT2D eigenvalue weighted by molar-refractivity contribution is -0.141. The van der Waals surface area contributed by atoms with Gasteiger partial charge in [-0.25, -0.2) is 19.0 Å². The van der Waals surface area contributed by atoms with Crippen LogP contribution in [0.2, 0.25) is 5.02 Å². The third-order valence-electron chi connectivity index (χ3n) is 5.41. The predicted octanol–water partition coefficient (Wildman–Crippen LogP) is 6.02. The van der Waals surface area contributed by atoms with Crippen LogP contribution in [0.5, 0.6) is 0 Å². The molecule has 5 aromatic rings. The molecule has 0 amide bonds. The van der Waals surface area contributed by atoms with Crippen LogP contribution in [0.3, 0.4) is 0 Å². The molecule has 5 rings (SSSR count). The predicted molar refractivity (Wildman–Crippen MR) is 118 cm³/mol. The molecule has 2 aromatic carbocycles. The van der Waals surface area contributed by atoms with Crippen molar-refractivity contribution >= 4 is 33.6 Å². The number of oxazole rings is 1. The van der Waals surface area contributed by atoms with Crippen molar-refractivity contribution in [3.05, 3.63) is 80.5 Å². The molecule has 0 aliphatic heterocycles. The average molecular weight is 489 g/mol. The fraction of sp³-hybridized carbons (Fsp3) is 0.130. The fourth-order valence-electron chi connectivity index (χ4n) is 3.55. The van der Waals surface area contributed by atoms with Crippen LogP contribution < -0.4 is 5.43 Å². The van der Waals surface area contributed by atoms with Gasteiger partial charge in [-0.2, -0.15) is 18.3 Å². The summed E-state index contributed by atoms with van der Waals surface area (Å²) >= 11 is 5.88. The Kier molecular flexibility index (Phi) is 4.94. The SMILES string of the molecule is Cc1cc2c(=O)c(-c3nc4cc(C(F)(F)F)ncc4o3)nn(-c3ccc(Cl)cc3F)c2cc1C. The molecule has 0 atom stereocenters. The van der Waals surface area contributed by atoms with Gasteiger partial charge in [-0.15, -0.1) is 0 Å². The van der Waals surface area contributed by atoms with Crippen molar-refractivity contribution in [3.8, 4) is 17.3 Å². The highest BCUT2D eigenvalue weighted by molar-refractivity contribution is 6.30. The van der Waals surface area contributed by atoms with Crippen molar-refractivity contribution in [1.82, 2.24) is 19.7 Å². The van der Waals surface area contributed by atoms with Gasteiger partial charge in [0.15, 0.2) is 11.3 Å². The highest BCUT2D eigenvalue weighted by Gasteiger charge is 2.33. The molecular weight excluding hydrogens is 476 g/mol. The smallest absolute Gasteiger partial charge is 0.433 e. The van der Waals surface area contributed by atoms with Crippen LogP contribution in [0, 0.1) is 19.7 Å². The third-order valence-corrected chi connectivity index (χ3v) is 5.64. The van der Waals surface area contributed by atoms with Gasteiger partial charge in [0.1, 0.15) is 22.7 Å². The van der Waals surface area contributed by atoms with Gasteiger partial charge in [-0.1, -0.05) is 11.6 Å². The van der Waals surface area contributed by atoms with E-state index in [-0.39, 0.29) is 38.8 Å². The Morgan fingerprint density at radius 1 is 1.06 bits per heavy atom. The van der Waals surface area contributed by atoms with E-state index in [0.717, 1.165) is 23.4 Å². The van der Waals surface area contributed by atoms with Crippen LogP contribution in [0.25, 0.3) is 39.3 Å². The van der Waals surface area contributed by atoms with Crippen molar-refractivity contribution in [1.29, 1.82) is 0 Å². The number of rotatable bonds is 2. The lowest BCUT2D eigenvalue weighted by atomic mass is 10.1. The van der Waals surface area contributed by atoms with E-state index in [9.17, 15) is 22.4 Å². The van der Waals surface area contributed by atoms with Gasteiger partial charge >= 0.3 is 6.18 Å². The van der Waals surface area contributed by atoms with Crippen LogP contribution in [-0.2, 0) is 6.18 Å². The molecule has 11 heteroatoms. The highest BCUT2D eigenvalue weighted by Crippen LogP contribution is 2.31. The largest absolute Gasteiger partial charge is 0.433 e. The van der Waals surface area contributed by atoms with E-state index in [0.29, 0.717) is 11.6 Å². The Morgan fingerprint density at radius 2 is 1.79 bits per heavy atom. The summed E-state index contributed by atoms with van der Waals surface area (Å²) in [5, 5.41) is 4.67. The van der Waals surface area contributed by atoms with Crippen LogP contribution in [-0.4, -0.2) is 19.7 Å². The molecule has 0 aliphatic carbocycles. The summed E-state index contributed by atoms with van der Waals surface area (Å²) in [6.45, 7) is 3.65. The van der Waals surface area contributed by atoms with E-state index in [4.69, 9.17) is 16.0 Å². The standard InChI is InChI=1S/C23H13ClF4N4O2/c1-10-5-13-17(6-11(10)2)32(16-4-3-12(24)7-14(16)25)31-20(21(13)33)22-30-15-8-19(23(26,27)28)29-9-18(15)34-22/h3-9H,1-2H3. The van der Waals surface area contributed by atoms with Crippen LogP contribution in [0.15, 0.2) is 51.8 Å². The summed E-state index contributed by atoms with van der Waals surface area (Å²) in [5.74, 6) is -1.00. The van der Waals surface area contributed by atoms with Gasteiger partial charge in [0.25, 0.3) is 5.89 Å². The molecule has 6 nitrogen and oxygen atoms in total. The number of fused-ring (bicyclic) bond motifs is 2. The first-order chi connectivity index (χ1) is 16.0. The van der Waals surface area contributed by atoms with Crippen LogP contribution in [0.1, 0.15) is 16.8 Å². The minimum absolute atomic E-state index is 0.0102. The zero-order valence-corrected chi connectivity index (χ0v) is 18.3. The zero-order chi connectivity index (χ0) is 24.4. The molecule has 0 radical (unpaired) electrons. The molecule has 0 saturated heterocycles. The molecule has 0 spiro atoms. The number of pyridine rings is 1. The molecule has 34 heavy (non-hydrogen) atoms. The molecule has 3 heterocycles. The first-order valence-corrected chi connectivity index (χ1v) is 10.2. The van der Waals surface area contributed by atoms with Crippen molar-refractivity contribution in [2.24, 2.45) is 0 Å². The summed E-state index contributed by atoms with van der Waals surface area (Å²) in [4.78, 5) is 20.7. The number of alkyl halides is 3. The molecule has 0 saturated carbocycles. The van der Waals surface area contributed by atoms with Gasteiger partial charge in [0.05, 0.1) is 17.1 Å². The van der Waals surface area contributed by atoms with E-state index >= 15 is 0 Å². The maximum absolute atomic E-state index is 14.8. The number of aryl methyl sites for hydroxylation is 2. The Hall–Kier alpha value is -3.79. The first kappa shape index (κ1) is 22.0. The summed E-state index contributed by atoms with van der Waals surface area (Å²) in [6.07, 6.45) is -3.80. The Morgan fingerprint density at radius 3 is 2.50 bits per heavy atom. The van der Waals surface area contributed by atoms with Crippen molar-refractivity contribution in [2.75, 3.05) is 0 Å². The van der Waals surface area contributed by atoms with Crippen molar-refractivity contribution in [2.45, 2.75) is 20.0 Å². The molecule has 0 fully saturated rings. The highest BCUT2D eigenvalue weighted by atomic mass is 35.5. The molecule has 172 valence electrons. The maximum atomic E-state index is 14.8. The van der Waals surface area contributed by atoms with E-state index in [1.807, 2.05) is 13.8 Å². The van der Waals surface area contributed by atoms with E-state index in [2.05, 4.69) is 15.1 Å². The van der Waals surface area contributed by atoms with E-state index < -0.39 is 23.1 Å². The monoisotopic (exact) mass is 488 g/mol. The summed E-state index contributed by atoms with van der Waals surface area (Å²) in [5.41, 5.74) is -0.242. The quantitative estimate of drug-likeness (QED) is 0.284. The van der Waals surface area contributed by atoms with Crippen molar-refractivity contribution < 1.29 is 22.0 Å². The molecule has 0 bridgehead atoms. The second kappa shape index (κ2) is 7.63. The summed E-state index contributed by atoms with van der Waals surface area (Å²) in [7, 11) is 0. The number of hydrogen-bond donors (Lipinski definition) is 0. The Labute approximate surface area is 193 Å². The fourth-order valence-corrected chi connectivity index (χ4v) is 3.71. The van der Waals surface area contributed by atoms with Gasteiger partial charge < -0.3 is 4.42 Å². The molecule has 0 unspecified atom stereocenters. The van der Waals surface area contributed by atoms with Crippen LogP contribution >= 0.6 is 11.6 Å². The third kappa shape index (κ3) is 3.60. The van der Waals surface area contributed by atoms with E-state index in [1.165, 1.54) is 16.8 Å². The second-order valence-electron chi connectivity index (χ2n) is 7.69. The minimum atomic E-state index is -4.68. The molecule has 0 aliphatic rings. The second-order valence-corrected chi connectivity index (χ2v) is 8.13. The summed E-state index contributed by atoms with van der Waals surface area (Å²) in [6, 6.07) is 8.02. The van der Waals surface area contributed by atoms with Crippen molar-refractivity contribution in [3.63, 3.8) is 0 Å². The maximum Gasteiger partial charge on any atom is 0.433 e. The lowest BCUT2D eigenvalue weighted by Gasteiger charge is -2.14.